The summed E-state index contributed by atoms with van der Waals surface area (Å²) in [6.45, 7) is 3.82. The molecule has 0 saturated carbocycles. The number of carbonyl (C=O) groups is 1. The van der Waals surface area contributed by atoms with Gasteiger partial charge >= 0.3 is 0 Å². The van der Waals surface area contributed by atoms with Crippen LogP contribution < -0.4 is 25.1 Å². The van der Waals surface area contributed by atoms with Gasteiger partial charge in [-0.2, -0.15) is 4.31 Å². The summed E-state index contributed by atoms with van der Waals surface area (Å²) in [5.41, 5.74) is 0.158. The number of carbonyl (C=O) groups excluding carboxylic acids is 1. The number of sulfonamides is 1. The third-order valence-electron chi connectivity index (χ3n) is 4.88. The Kier molecular flexibility index (Phi) is 8.67. The number of pyridine rings is 1. The number of benzene rings is 1. The van der Waals surface area contributed by atoms with Gasteiger partial charge in [0.2, 0.25) is 15.9 Å². The van der Waals surface area contributed by atoms with Crippen LogP contribution in [0.5, 0.6) is 17.2 Å². The van der Waals surface area contributed by atoms with Crippen LogP contribution in [0.3, 0.4) is 0 Å². The monoisotopic (exact) mass is 467 g/mol. The van der Waals surface area contributed by atoms with Crippen molar-refractivity contribution < 1.29 is 27.4 Å². The highest BCUT2D eigenvalue weighted by Gasteiger charge is 2.22. The molecule has 2 aromatic rings. The molecule has 0 saturated heterocycles. The molecule has 1 heterocycles. The number of nitrogens with one attached hydrogen (secondary N) is 1. The standard InChI is InChI=1S/C21H29N3O7S/c1-6-24(7-2)32(27,28)16-8-9-21(26)23(13-16)14-20(25)22-12-15-10-18(30-4)19(31-5)11-17(15)29-3/h8-11,13H,6-7,12,14H2,1-5H3,(H,22,25). The van der Waals surface area contributed by atoms with Crippen LogP contribution in [0.1, 0.15) is 19.4 Å². The summed E-state index contributed by atoms with van der Waals surface area (Å²) < 4.78 is 43.6. The molecule has 0 aliphatic heterocycles. The van der Waals surface area contributed by atoms with Crippen LogP contribution in [0.4, 0.5) is 0 Å². The molecule has 10 nitrogen and oxygen atoms in total. The van der Waals surface area contributed by atoms with Crippen LogP contribution >= 0.6 is 0 Å². The largest absolute Gasteiger partial charge is 0.496 e. The summed E-state index contributed by atoms with van der Waals surface area (Å²) in [4.78, 5) is 24.6. The number of aromatic nitrogens is 1. The molecule has 1 aromatic heterocycles. The number of nitrogens with zero attached hydrogens (tertiary/aromatic N) is 2. The zero-order valence-corrected chi connectivity index (χ0v) is 19.7. The van der Waals surface area contributed by atoms with E-state index in [2.05, 4.69) is 5.32 Å². The van der Waals surface area contributed by atoms with Crippen LogP contribution in [-0.4, -0.2) is 57.6 Å². The van der Waals surface area contributed by atoms with Crippen molar-refractivity contribution in [2.75, 3.05) is 34.4 Å². The topological polar surface area (TPSA) is 116 Å². The molecule has 11 heteroatoms. The van der Waals surface area contributed by atoms with Crippen molar-refractivity contribution in [3.63, 3.8) is 0 Å². The van der Waals surface area contributed by atoms with E-state index in [4.69, 9.17) is 14.2 Å². The van der Waals surface area contributed by atoms with Crippen LogP contribution in [0.2, 0.25) is 0 Å². The first kappa shape index (κ1) is 25.2. The average Bonchev–Trinajstić information content (AvgIpc) is 2.78. The van der Waals surface area contributed by atoms with Gasteiger partial charge in [-0.05, 0) is 12.1 Å². The lowest BCUT2D eigenvalue weighted by molar-refractivity contribution is -0.121. The molecular formula is C21H29N3O7S. The predicted octanol–water partition coefficient (Wildman–Crippen LogP) is 1.22. The fourth-order valence-corrected chi connectivity index (χ4v) is 4.61. The van der Waals surface area contributed by atoms with Gasteiger partial charge in [0, 0.05) is 43.5 Å². The number of amides is 1. The SMILES string of the molecule is CCN(CC)S(=O)(=O)c1ccc(=O)n(CC(=O)NCc2cc(OC)c(OC)cc2OC)c1. The number of hydrogen-bond donors (Lipinski definition) is 1. The molecule has 1 aromatic carbocycles. The van der Waals surface area contributed by atoms with Crippen molar-refractivity contribution in [1.82, 2.24) is 14.2 Å². The summed E-state index contributed by atoms with van der Waals surface area (Å²) in [5, 5.41) is 2.71. The summed E-state index contributed by atoms with van der Waals surface area (Å²) in [5.74, 6) is 0.981. The van der Waals surface area contributed by atoms with E-state index in [1.54, 1.807) is 26.0 Å². The van der Waals surface area contributed by atoms with E-state index < -0.39 is 21.5 Å². The van der Waals surface area contributed by atoms with Crippen LogP contribution in [0.15, 0.2) is 40.2 Å². The quantitative estimate of drug-likeness (QED) is 0.528. The van der Waals surface area contributed by atoms with Gasteiger partial charge in [0.05, 0.1) is 26.2 Å². The summed E-state index contributed by atoms with van der Waals surface area (Å²) in [6.07, 6.45) is 1.19. The van der Waals surface area contributed by atoms with E-state index in [-0.39, 0.29) is 18.0 Å². The third-order valence-corrected chi connectivity index (χ3v) is 6.91. The lowest BCUT2D eigenvalue weighted by Gasteiger charge is -2.19. The van der Waals surface area contributed by atoms with Gasteiger partial charge < -0.3 is 24.1 Å². The molecule has 1 N–H and O–H groups in total. The Hall–Kier alpha value is -3.05. The Labute approximate surface area is 187 Å². The minimum Gasteiger partial charge on any atom is -0.496 e. The minimum atomic E-state index is -3.76. The molecule has 32 heavy (non-hydrogen) atoms. The maximum absolute atomic E-state index is 12.7. The molecule has 0 atom stereocenters. The lowest BCUT2D eigenvalue weighted by atomic mass is 10.1. The number of rotatable bonds is 11. The Bertz CT molecular complexity index is 1110. The van der Waals surface area contributed by atoms with Crippen molar-refractivity contribution in [3.8, 4) is 17.2 Å². The predicted molar refractivity (Wildman–Crippen MR) is 119 cm³/mol. The van der Waals surface area contributed by atoms with Gasteiger partial charge in [-0.1, -0.05) is 13.8 Å². The minimum absolute atomic E-state index is 0.0461. The van der Waals surface area contributed by atoms with E-state index >= 15 is 0 Å². The Morgan fingerprint density at radius 2 is 1.59 bits per heavy atom. The molecule has 0 unspecified atom stereocenters. The highest BCUT2D eigenvalue weighted by atomic mass is 32.2. The second kappa shape index (κ2) is 11.0. The molecule has 0 spiro atoms. The van der Waals surface area contributed by atoms with Crippen LogP contribution in [-0.2, 0) is 27.9 Å². The maximum Gasteiger partial charge on any atom is 0.251 e. The van der Waals surface area contributed by atoms with E-state index in [0.29, 0.717) is 35.9 Å². The molecule has 0 radical (unpaired) electrons. The lowest BCUT2D eigenvalue weighted by Crippen LogP contribution is -2.34. The van der Waals surface area contributed by atoms with E-state index in [9.17, 15) is 18.0 Å². The van der Waals surface area contributed by atoms with Crippen molar-refractivity contribution in [1.29, 1.82) is 0 Å². The summed E-state index contributed by atoms with van der Waals surface area (Å²) in [6, 6.07) is 5.72. The summed E-state index contributed by atoms with van der Waals surface area (Å²) >= 11 is 0. The first-order valence-electron chi connectivity index (χ1n) is 9.97. The molecular weight excluding hydrogens is 438 g/mol. The second-order valence-electron chi connectivity index (χ2n) is 6.72. The van der Waals surface area contributed by atoms with Crippen molar-refractivity contribution in [2.45, 2.75) is 31.8 Å². The normalized spacial score (nSPS) is 11.3. The van der Waals surface area contributed by atoms with E-state index in [0.717, 1.165) is 10.6 Å². The van der Waals surface area contributed by atoms with Crippen LogP contribution in [0, 0.1) is 0 Å². The Morgan fingerprint density at radius 1 is 1.00 bits per heavy atom. The summed E-state index contributed by atoms with van der Waals surface area (Å²) in [7, 11) is 0.742. The molecule has 2 rings (SSSR count). The van der Waals surface area contributed by atoms with Gasteiger partial charge in [0.25, 0.3) is 5.56 Å². The van der Waals surface area contributed by atoms with Gasteiger partial charge in [-0.25, -0.2) is 8.42 Å². The number of ether oxygens (including phenoxy) is 3. The van der Waals surface area contributed by atoms with Crippen LogP contribution in [0.25, 0.3) is 0 Å². The zero-order valence-electron chi connectivity index (χ0n) is 18.9. The first-order valence-corrected chi connectivity index (χ1v) is 11.4. The van der Waals surface area contributed by atoms with Gasteiger partial charge in [0.1, 0.15) is 12.3 Å². The van der Waals surface area contributed by atoms with Gasteiger partial charge in [0.15, 0.2) is 11.5 Å². The maximum atomic E-state index is 12.7. The number of methoxy groups -OCH3 is 3. The first-order chi connectivity index (χ1) is 15.2. The fraction of sp³-hybridized carbons (Fsp3) is 0.429. The third kappa shape index (κ3) is 5.60. The molecule has 0 aliphatic rings. The Balaban J connectivity index is 2.20. The zero-order chi connectivity index (χ0) is 23.9. The highest BCUT2D eigenvalue weighted by molar-refractivity contribution is 7.89. The Morgan fingerprint density at radius 3 is 2.16 bits per heavy atom. The average molecular weight is 468 g/mol. The van der Waals surface area contributed by atoms with Crippen molar-refractivity contribution in [3.05, 3.63) is 46.4 Å². The smallest absolute Gasteiger partial charge is 0.251 e. The fourth-order valence-electron chi connectivity index (χ4n) is 3.13. The molecule has 176 valence electrons. The van der Waals surface area contributed by atoms with E-state index in [1.165, 1.54) is 37.9 Å². The molecule has 0 fully saturated rings. The molecule has 0 bridgehead atoms. The molecule has 1 amide bonds. The second-order valence-corrected chi connectivity index (χ2v) is 8.65. The van der Waals surface area contributed by atoms with Crippen molar-refractivity contribution >= 4 is 15.9 Å². The highest BCUT2D eigenvalue weighted by Crippen LogP contribution is 2.34. The number of hydrogen-bond acceptors (Lipinski definition) is 7. The van der Waals surface area contributed by atoms with Crippen molar-refractivity contribution in [2.24, 2.45) is 0 Å². The van der Waals surface area contributed by atoms with Gasteiger partial charge in [-0.15, -0.1) is 0 Å². The van der Waals surface area contributed by atoms with E-state index in [1.807, 2.05) is 0 Å². The molecule has 0 aliphatic carbocycles. The van der Waals surface area contributed by atoms with Gasteiger partial charge in [-0.3, -0.25) is 9.59 Å².